The van der Waals surface area contributed by atoms with Gasteiger partial charge in [0.05, 0.1) is 11.5 Å². The van der Waals surface area contributed by atoms with Gasteiger partial charge in [0, 0.05) is 17.6 Å². The van der Waals surface area contributed by atoms with Gasteiger partial charge in [-0.15, -0.1) is 0 Å². The molecule has 0 radical (unpaired) electrons. The summed E-state index contributed by atoms with van der Waals surface area (Å²) in [5.74, 6) is -1.25. The largest absolute Gasteiger partial charge is 0.458 e. The van der Waals surface area contributed by atoms with Crippen molar-refractivity contribution in [3.63, 3.8) is 0 Å². The minimum absolute atomic E-state index is 0.0253. The Hall–Kier alpha value is -2.14. The molecule has 2 fully saturated rings. The van der Waals surface area contributed by atoms with Crippen LogP contribution in [-0.4, -0.2) is 35.9 Å². The first-order valence-corrected chi connectivity index (χ1v) is 8.53. The van der Waals surface area contributed by atoms with Gasteiger partial charge in [0.1, 0.15) is 18.3 Å². The molecule has 0 N–H and O–H groups in total. The van der Waals surface area contributed by atoms with E-state index in [1.165, 1.54) is 0 Å². The molecule has 3 aliphatic rings. The number of esters is 2. The third-order valence-corrected chi connectivity index (χ3v) is 5.18. The van der Waals surface area contributed by atoms with Gasteiger partial charge in [-0.1, -0.05) is 30.4 Å². The molecule has 134 valence electrons. The Morgan fingerprint density at radius 2 is 2.20 bits per heavy atom. The van der Waals surface area contributed by atoms with Crippen molar-refractivity contribution in [3.05, 3.63) is 47.6 Å². The second-order valence-electron chi connectivity index (χ2n) is 7.16. The van der Waals surface area contributed by atoms with Gasteiger partial charge in [0.15, 0.2) is 0 Å². The molecule has 1 aliphatic carbocycles. The topological polar surface area (TPSA) is 65.1 Å². The Morgan fingerprint density at radius 3 is 2.88 bits per heavy atom. The van der Waals surface area contributed by atoms with Crippen LogP contribution in [0.2, 0.25) is 0 Å². The zero-order chi connectivity index (χ0) is 18.4. The van der Waals surface area contributed by atoms with E-state index >= 15 is 0 Å². The Morgan fingerprint density at radius 1 is 1.48 bits per heavy atom. The summed E-state index contributed by atoms with van der Waals surface area (Å²) in [5.41, 5.74) is 1.41. The average Bonchev–Trinajstić information content (AvgIpc) is 3.11. The van der Waals surface area contributed by atoms with Crippen LogP contribution < -0.4 is 0 Å². The second-order valence-corrected chi connectivity index (χ2v) is 7.16. The molecule has 0 unspecified atom stereocenters. The zero-order valence-electron chi connectivity index (χ0n) is 15.1. The maximum Gasteiger partial charge on any atom is 0.334 e. The second kappa shape index (κ2) is 6.30. The normalized spacial score (nSPS) is 41.0. The van der Waals surface area contributed by atoms with E-state index in [2.05, 4.69) is 6.58 Å². The van der Waals surface area contributed by atoms with Crippen LogP contribution in [0.1, 0.15) is 34.1 Å². The molecule has 2 saturated heterocycles. The Bertz CT molecular complexity index is 714. The number of carbonyl (C=O) groups excluding carboxylic acids is 2. The Kier molecular flexibility index (Phi) is 4.45. The van der Waals surface area contributed by atoms with Gasteiger partial charge in [-0.25, -0.2) is 9.59 Å². The predicted molar refractivity (Wildman–Crippen MR) is 92.6 cm³/mol. The summed E-state index contributed by atoms with van der Waals surface area (Å²) >= 11 is 0. The van der Waals surface area contributed by atoms with E-state index in [0.29, 0.717) is 17.6 Å². The van der Waals surface area contributed by atoms with Crippen molar-refractivity contribution in [3.8, 4) is 0 Å². The minimum Gasteiger partial charge on any atom is -0.458 e. The summed E-state index contributed by atoms with van der Waals surface area (Å²) in [7, 11) is 0. The fourth-order valence-corrected chi connectivity index (χ4v) is 3.39. The average molecular weight is 344 g/mol. The summed E-state index contributed by atoms with van der Waals surface area (Å²) in [5, 5.41) is 0. The first-order chi connectivity index (χ1) is 11.7. The third kappa shape index (κ3) is 3.33. The lowest BCUT2D eigenvalue weighted by Crippen LogP contribution is -2.36. The quantitative estimate of drug-likeness (QED) is 0.438. The molecule has 5 heteroatoms. The maximum atomic E-state index is 12.3. The molecule has 5 atom stereocenters. The van der Waals surface area contributed by atoms with Crippen LogP contribution >= 0.6 is 0 Å². The van der Waals surface area contributed by atoms with Gasteiger partial charge in [-0.2, -0.15) is 0 Å². The van der Waals surface area contributed by atoms with Crippen LogP contribution in [0, 0.1) is 5.92 Å². The van der Waals surface area contributed by atoms with E-state index in [1.54, 1.807) is 19.9 Å². The number of allylic oxidation sites excluding steroid dienone is 3. The predicted octanol–water partition coefficient (Wildman–Crippen LogP) is 3.03. The monoisotopic (exact) mass is 344 g/mol. The van der Waals surface area contributed by atoms with Crippen LogP contribution in [0.5, 0.6) is 0 Å². The smallest absolute Gasteiger partial charge is 0.334 e. The molecule has 0 spiro atoms. The minimum atomic E-state index is -0.545. The number of carbonyl (C=O) groups is 2. The molecule has 2 heterocycles. The molecule has 0 saturated carbocycles. The number of epoxide rings is 1. The van der Waals surface area contributed by atoms with Gasteiger partial charge in [-0.3, -0.25) is 0 Å². The molecular formula is C20H24O5. The van der Waals surface area contributed by atoms with E-state index in [4.69, 9.17) is 14.2 Å². The van der Waals surface area contributed by atoms with Crippen LogP contribution in [0.4, 0.5) is 0 Å². The van der Waals surface area contributed by atoms with Crippen molar-refractivity contribution in [1.82, 2.24) is 0 Å². The van der Waals surface area contributed by atoms with Crippen molar-refractivity contribution >= 4 is 11.9 Å². The number of ether oxygens (including phenoxy) is 3. The molecule has 0 bridgehead atoms. The highest BCUT2D eigenvalue weighted by atomic mass is 16.6. The fraction of sp³-hybridized carbons (Fsp3) is 0.500. The standard InChI is InChI=1S/C20H24O5/c1-6-12(3)18(21)24-15-10-20(5)16(25-20)8-7-11(2)9-14-17(15)13(4)19(22)23-14/h6-9,14-17H,4,10H2,1-3,5H3/b8-7-,11-9-,12-6-/t14-,15+,16+,17-,20+/m0/s1. The van der Waals surface area contributed by atoms with Crippen molar-refractivity contribution in [2.24, 2.45) is 5.92 Å². The van der Waals surface area contributed by atoms with Gasteiger partial charge in [-0.05, 0) is 33.8 Å². The highest BCUT2D eigenvalue weighted by molar-refractivity contribution is 5.92. The van der Waals surface area contributed by atoms with E-state index in [9.17, 15) is 9.59 Å². The van der Waals surface area contributed by atoms with Gasteiger partial charge >= 0.3 is 11.9 Å². The number of hydrogen-bond donors (Lipinski definition) is 0. The summed E-state index contributed by atoms with van der Waals surface area (Å²) in [6.07, 6.45) is 6.97. The van der Waals surface area contributed by atoms with Crippen molar-refractivity contribution in [2.45, 2.75) is 58.0 Å². The summed E-state index contributed by atoms with van der Waals surface area (Å²) < 4.78 is 17.1. The fourth-order valence-electron chi connectivity index (χ4n) is 3.39. The molecule has 3 rings (SSSR count). The SMILES string of the molecule is C=C1C(=O)O[C@H]2/C=C(C)\C=C/[C@H]3O[C@]3(C)C[C@@H](OC(=O)/C(C)=C\C)[C@@H]12. The lowest BCUT2D eigenvalue weighted by atomic mass is 9.83. The summed E-state index contributed by atoms with van der Waals surface area (Å²) in [4.78, 5) is 24.4. The van der Waals surface area contributed by atoms with Crippen LogP contribution in [0.15, 0.2) is 47.6 Å². The number of fused-ring (bicyclic) bond motifs is 2. The molecule has 0 aromatic rings. The Balaban J connectivity index is 1.97. The van der Waals surface area contributed by atoms with E-state index < -0.39 is 35.7 Å². The molecule has 5 nitrogen and oxygen atoms in total. The Labute approximate surface area is 148 Å². The lowest BCUT2D eigenvalue weighted by Gasteiger charge is -2.28. The van der Waals surface area contributed by atoms with Gasteiger partial charge in [0.25, 0.3) is 0 Å². The van der Waals surface area contributed by atoms with Gasteiger partial charge in [0.2, 0.25) is 0 Å². The van der Waals surface area contributed by atoms with Crippen molar-refractivity contribution in [2.75, 3.05) is 0 Å². The molecule has 2 aliphatic heterocycles. The van der Waals surface area contributed by atoms with E-state index in [-0.39, 0.29) is 6.10 Å². The summed E-state index contributed by atoms with van der Waals surface area (Å²) in [6.45, 7) is 11.3. The molecular weight excluding hydrogens is 320 g/mol. The first-order valence-electron chi connectivity index (χ1n) is 8.53. The summed E-state index contributed by atoms with van der Waals surface area (Å²) in [6, 6.07) is 0. The molecule has 0 amide bonds. The van der Waals surface area contributed by atoms with Crippen LogP contribution in [-0.2, 0) is 23.8 Å². The third-order valence-electron chi connectivity index (χ3n) is 5.18. The van der Waals surface area contributed by atoms with Crippen LogP contribution in [0.3, 0.4) is 0 Å². The van der Waals surface area contributed by atoms with Crippen molar-refractivity contribution in [1.29, 1.82) is 0 Å². The van der Waals surface area contributed by atoms with Crippen molar-refractivity contribution < 1.29 is 23.8 Å². The number of hydrogen-bond acceptors (Lipinski definition) is 5. The lowest BCUT2D eigenvalue weighted by molar-refractivity contribution is -0.148. The van der Waals surface area contributed by atoms with E-state index in [0.717, 1.165) is 5.57 Å². The van der Waals surface area contributed by atoms with Crippen LogP contribution in [0.25, 0.3) is 0 Å². The maximum absolute atomic E-state index is 12.3. The van der Waals surface area contributed by atoms with Gasteiger partial charge < -0.3 is 14.2 Å². The highest BCUT2D eigenvalue weighted by Gasteiger charge is 2.56. The zero-order valence-corrected chi connectivity index (χ0v) is 15.1. The number of rotatable bonds is 2. The highest BCUT2D eigenvalue weighted by Crippen LogP contribution is 2.46. The molecule has 25 heavy (non-hydrogen) atoms. The molecule has 0 aromatic carbocycles. The first kappa shape index (κ1) is 17.7. The molecule has 0 aromatic heterocycles. The van der Waals surface area contributed by atoms with E-state index in [1.807, 2.05) is 32.1 Å².